The minimum absolute atomic E-state index is 0.318. The minimum atomic E-state index is 0.318. The van der Waals surface area contributed by atoms with E-state index in [-0.39, 0.29) is 0 Å². The number of rotatable bonds is 4. The van der Waals surface area contributed by atoms with E-state index in [4.69, 9.17) is 5.73 Å². The third kappa shape index (κ3) is 1.96. The number of nitrogens with one attached hydrogen (secondary N) is 1. The molecule has 0 fully saturated rings. The van der Waals surface area contributed by atoms with Crippen LogP contribution in [0, 0.1) is 0 Å². The van der Waals surface area contributed by atoms with Gasteiger partial charge in [0.25, 0.3) is 6.47 Å². The lowest BCUT2D eigenvalue weighted by atomic mass is 10.3. The molecule has 0 spiro atoms. The zero-order valence-electron chi connectivity index (χ0n) is 5.91. The van der Waals surface area contributed by atoms with Crippen LogP contribution in [0.3, 0.4) is 0 Å². The van der Waals surface area contributed by atoms with Crippen molar-refractivity contribution in [2.75, 3.05) is 12.3 Å². The van der Waals surface area contributed by atoms with E-state index in [0.717, 1.165) is 5.69 Å². The van der Waals surface area contributed by atoms with Crippen LogP contribution in [0.4, 0.5) is 5.69 Å². The molecule has 0 saturated carbocycles. The summed E-state index contributed by atoms with van der Waals surface area (Å²) in [5.74, 6) is 0. The molecule has 0 aromatic carbocycles. The van der Waals surface area contributed by atoms with Crippen LogP contribution in [-0.4, -0.2) is 23.3 Å². The zero-order valence-corrected chi connectivity index (χ0v) is 5.91. The Morgan fingerprint density at radius 2 is 2.64 bits per heavy atom. The molecule has 0 saturated heterocycles. The van der Waals surface area contributed by atoms with Crippen molar-refractivity contribution in [1.82, 2.24) is 10.2 Å². The molecule has 0 unspecified atom stereocenters. The Bertz CT molecular complexity index is 233. The largest absolute Gasteiger partial charge is 0.467 e. The molecule has 0 aliphatic heterocycles. The van der Waals surface area contributed by atoms with Crippen LogP contribution in [0.1, 0.15) is 5.69 Å². The maximum absolute atomic E-state index is 9.74. The molecule has 11 heavy (non-hydrogen) atoms. The van der Waals surface area contributed by atoms with Crippen LogP contribution < -0.4 is 5.73 Å². The van der Waals surface area contributed by atoms with Crippen molar-refractivity contribution >= 4 is 12.2 Å². The number of nitrogen functional groups attached to an aromatic ring is 1. The van der Waals surface area contributed by atoms with Gasteiger partial charge in [-0.1, -0.05) is 0 Å². The summed E-state index contributed by atoms with van der Waals surface area (Å²) in [5.41, 5.74) is 6.81. The van der Waals surface area contributed by atoms with Crippen molar-refractivity contribution < 1.29 is 9.53 Å². The van der Waals surface area contributed by atoms with Gasteiger partial charge >= 0.3 is 0 Å². The van der Waals surface area contributed by atoms with Crippen molar-refractivity contribution in [1.29, 1.82) is 0 Å². The molecule has 0 bridgehead atoms. The summed E-state index contributed by atoms with van der Waals surface area (Å²) in [7, 11) is 0. The summed E-state index contributed by atoms with van der Waals surface area (Å²) in [6.07, 6.45) is 2.14. The van der Waals surface area contributed by atoms with E-state index >= 15 is 0 Å². The van der Waals surface area contributed by atoms with E-state index < -0.39 is 0 Å². The molecule has 5 nitrogen and oxygen atoms in total. The minimum Gasteiger partial charge on any atom is -0.467 e. The van der Waals surface area contributed by atoms with Gasteiger partial charge in [0, 0.05) is 12.6 Å². The summed E-state index contributed by atoms with van der Waals surface area (Å²) >= 11 is 0. The SMILES string of the molecule is Nc1c[nH]nc1CCOC=O. The van der Waals surface area contributed by atoms with Crippen molar-refractivity contribution in [3.05, 3.63) is 11.9 Å². The number of carbonyl (C=O) groups is 1. The number of aromatic nitrogens is 2. The maximum Gasteiger partial charge on any atom is 0.293 e. The first kappa shape index (κ1) is 7.59. The van der Waals surface area contributed by atoms with Gasteiger partial charge in [0.05, 0.1) is 18.0 Å². The predicted molar refractivity (Wildman–Crippen MR) is 38.7 cm³/mol. The molecule has 0 radical (unpaired) electrons. The van der Waals surface area contributed by atoms with E-state index in [1.165, 1.54) is 0 Å². The van der Waals surface area contributed by atoms with E-state index in [2.05, 4.69) is 14.9 Å². The average Bonchev–Trinajstić information content (AvgIpc) is 2.37. The smallest absolute Gasteiger partial charge is 0.293 e. The predicted octanol–water partition coefficient (Wildman–Crippen LogP) is -0.293. The Balaban J connectivity index is 2.38. The van der Waals surface area contributed by atoms with Crippen LogP contribution in [0.5, 0.6) is 0 Å². The second-order valence-electron chi connectivity index (χ2n) is 2.00. The Hall–Kier alpha value is -1.52. The molecule has 0 aliphatic carbocycles. The third-order valence-corrected chi connectivity index (χ3v) is 1.28. The van der Waals surface area contributed by atoms with Gasteiger partial charge in [-0.2, -0.15) is 5.10 Å². The maximum atomic E-state index is 9.74. The fourth-order valence-corrected chi connectivity index (χ4v) is 0.732. The summed E-state index contributed by atoms with van der Waals surface area (Å²) in [6, 6.07) is 0. The molecule has 0 atom stereocenters. The summed E-state index contributed by atoms with van der Waals surface area (Å²) in [6.45, 7) is 0.724. The van der Waals surface area contributed by atoms with Crippen molar-refractivity contribution in [2.24, 2.45) is 0 Å². The van der Waals surface area contributed by atoms with E-state index in [1.807, 2.05) is 0 Å². The molecule has 1 heterocycles. The first-order valence-corrected chi connectivity index (χ1v) is 3.18. The summed E-state index contributed by atoms with van der Waals surface area (Å²) in [4.78, 5) is 9.74. The van der Waals surface area contributed by atoms with Gasteiger partial charge in [0.2, 0.25) is 0 Å². The highest BCUT2D eigenvalue weighted by atomic mass is 16.5. The standard InChI is InChI=1S/C6H9N3O2/c7-5-3-8-9-6(5)1-2-11-4-10/h3-4H,1-2,7H2,(H,8,9). The van der Waals surface area contributed by atoms with Gasteiger partial charge < -0.3 is 10.5 Å². The number of hydrogen-bond acceptors (Lipinski definition) is 4. The summed E-state index contributed by atoms with van der Waals surface area (Å²) in [5, 5.41) is 6.45. The second-order valence-corrected chi connectivity index (χ2v) is 2.00. The molecule has 3 N–H and O–H groups in total. The number of anilines is 1. The molecule has 60 valence electrons. The summed E-state index contributed by atoms with van der Waals surface area (Å²) < 4.78 is 4.47. The van der Waals surface area contributed by atoms with Gasteiger partial charge in [-0.15, -0.1) is 0 Å². The molecule has 0 aliphatic rings. The lowest BCUT2D eigenvalue weighted by molar-refractivity contribution is -0.128. The topological polar surface area (TPSA) is 81.0 Å². The van der Waals surface area contributed by atoms with Crippen LogP contribution in [0.15, 0.2) is 6.20 Å². The number of aromatic amines is 1. The van der Waals surface area contributed by atoms with Crippen LogP contribution in [-0.2, 0) is 16.0 Å². The number of nitrogens with two attached hydrogens (primary N) is 1. The van der Waals surface area contributed by atoms with Crippen LogP contribution >= 0.6 is 0 Å². The fraction of sp³-hybridized carbons (Fsp3) is 0.333. The molecule has 1 aromatic rings. The van der Waals surface area contributed by atoms with Gasteiger partial charge in [0.1, 0.15) is 0 Å². The number of H-pyrrole nitrogens is 1. The van der Waals surface area contributed by atoms with Crippen LogP contribution in [0.2, 0.25) is 0 Å². The first-order chi connectivity index (χ1) is 5.34. The molecule has 5 heteroatoms. The van der Waals surface area contributed by atoms with Crippen molar-refractivity contribution in [3.63, 3.8) is 0 Å². The lowest BCUT2D eigenvalue weighted by Gasteiger charge is -1.95. The van der Waals surface area contributed by atoms with E-state index in [1.54, 1.807) is 6.20 Å². The molecule has 1 aromatic heterocycles. The third-order valence-electron chi connectivity index (χ3n) is 1.28. The normalized spacial score (nSPS) is 9.45. The molecular weight excluding hydrogens is 146 g/mol. The second kappa shape index (κ2) is 3.60. The number of nitrogens with zero attached hydrogens (tertiary/aromatic N) is 1. The van der Waals surface area contributed by atoms with Crippen molar-refractivity contribution in [2.45, 2.75) is 6.42 Å². The fourth-order valence-electron chi connectivity index (χ4n) is 0.732. The zero-order chi connectivity index (χ0) is 8.10. The lowest BCUT2D eigenvalue weighted by Crippen LogP contribution is -1.99. The molecule has 1 rings (SSSR count). The van der Waals surface area contributed by atoms with Gasteiger partial charge in [-0.05, 0) is 0 Å². The monoisotopic (exact) mass is 155 g/mol. The Morgan fingerprint density at radius 3 is 3.18 bits per heavy atom. The van der Waals surface area contributed by atoms with E-state index in [0.29, 0.717) is 25.2 Å². The highest BCUT2D eigenvalue weighted by Gasteiger charge is 2.00. The molecule has 0 amide bonds. The van der Waals surface area contributed by atoms with Gasteiger partial charge in [-0.25, -0.2) is 0 Å². The quantitative estimate of drug-likeness (QED) is 0.462. The Morgan fingerprint density at radius 1 is 1.82 bits per heavy atom. The first-order valence-electron chi connectivity index (χ1n) is 3.18. The highest BCUT2D eigenvalue weighted by molar-refractivity contribution is 5.40. The Kier molecular flexibility index (Phi) is 2.48. The number of carbonyl (C=O) groups excluding carboxylic acids is 1. The van der Waals surface area contributed by atoms with Gasteiger partial charge in [0.15, 0.2) is 0 Å². The van der Waals surface area contributed by atoms with E-state index in [9.17, 15) is 4.79 Å². The highest BCUT2D eigenvalue weighted by Crippen LogP contribution is 2.05. The molecular formula is C6H9N3O2. The Labute approximate surface area is 63.5 Å². The van der Waals surface area contributed by atoms with Crippen LogP contribution in [0.25, 0.3) is 0 Å². The van der Waals surface area contributed by atoms with Gasteiger partial charge in [-0.3, -0.25) is 9.89 Å². The van der Waals surface area contributed by atoms with Crippen molar-refractivity contribution in [3.8, 4) is 0 Å². The number of ether oxygens (including phenoxy) is 1. The number of hydrogen-bond donors (Lipinski definition) is 2. The average molecular weight is 155 g/mol.